The van der Waals surface area contributed by atoms with Gasteiger partial charge in [-0.15, -0.1) is 0 Å². The van der Waals surface area contributed by atoms with Gasteiger partial charge in [-0.2, -0.15) is 13.2 Å². The standard InChI is InChI=1S/C12H12BrF3N2O3/c1-2-21-10(19)6-17-11(20)18-7-3-4-9(13)8(5-7)12(14,15)16/h3-5H,2,6H2,1H3,(H2,17,18,20). The number of rotatable bonds is 4. The number of nitrogens with one attached hydrogen (secondary N) is 2. The van der Waals surface area contributed by atoms with Gasteiger partial charge in [0.2, 0.25) is 0 Å². The van der Waals surface area contributed by atoms with Gasteiger partial charge in [-0.3, -0.25) is 4.79 Å². The SMILES string of the molecule is CCOC(=O)CNC(=O)Nc1ccc(Br)c(C(F)(F)F)c1. The van der Waals surface area contributed by atoms with E-state index in [2.05, 4.69) is 31.3 Å². The molecule has 2 N–H and O–H groups in total. The molecule has 0 aliphatic rings. The molecule has 2 amide bonds. The number of amides is 2. The number of esters is 1. The van der Waals surface area contributed by atoms with E-state index in [9.17, 15) is 22.8 Å². The number of halogens is 4. The third-order valence-electron chi connectivity index (χ3n) is 2.23. The number of carbonyl (C=O) groups excluding carboxylic acids is 2. The molecule has 0 unspecified atom stereocenters. The van der Waals surface area contributed by atoms with Crippen molar-refractivity contribution in [3.8, 4) is 0 Å². The fraction of sp³-hybridized carbons (Fsp3) is 0.333. The summed E-state index contributed by atoms with van der Waals surface area (Å²) in [7, 11) is 0. The van der Waals surface area contributed by atoms with E-state index in [0.29, 0.717) is 0 Å². The Morgan fingerprint density at radius 1 is 1.33 bits per heavy atom. The summed E-state index contributed by atoms with van der Waals surface area (Å²) in [6.45, 7) is 1.41. The summed E-state index contributed by atoms with van der Waals surface area (Å²) in [6, 6.07) is 2.44. The average Bonchev–Trinajstić information content (AvgIpc) is 2.38. The van der Waals surface area contributed by atoms with Crippen molar-refractivity contribution in [2.75, 3.05) is 18.5 Å². The molecule has 0 aliphatic heterocycles. The van der Waals surface area contributed by atoms with E-state index in [4.69, 9.17) is 0 Å². The first-order valence-corrected chi connectivity index (χ1v) is 6.60. The Hall–Kier alpha value is -1.77. The maximum absolute atomic E-state index is 12.7. The van der Waals surface area contributed by atoms with Crippen LogP contribution in [0.3, 0.4) is 0 Å². The Morgan fingerprint density at radius 2 is 2.00 bits per heavy atom. The monoisotopic (exact) mass is 368 g/mol. The lowest BCUT2D eigenvalue weighted by Crippen LogP contribution is -2.34. The van der Waals surface area contributed by atoms with Gasteiger partial charge in [0.15, 0.2) is 0 Å². The van der Waals surface area contributed by atoms with E-state index >= 15 is 0 Å². The predicted molar refractivity (Wildman–Crippen MR) is 72.8 cm³/mol. The van der Waals surface area contributed by atoms with Gasteiger partial charge in [0, 0.05) is 10.2 Å². The molecule has 1 rings (SSSR count). The highest BCUT2D eigenvalue weighted by molar-refractivity contribution is 9.10. The molecule has 0 bridgehead atoms. The summed E-state index contributed by atoms with van der Waals surface area (Å²) >= 11 is 2.79. The molecule has 116 valence electrons. The molecule has 0 radical (unpaired) electrons. The van der Waals surface area contributed by atoms with Crippen LogP contribution < -0.4 is 10.6 Å². The molecule has 21 heavy (non-hydrogen) atoms. The molecule has 0 saturated heterocycles. The number of benzene rings is 1. The van der Waals surface area contributed by atoms with Crippen LogP contribution in [0, 0.1) is 0 Å². The highest BCUT2D eigenvalue weighted by Crippen LogP contribution is 2.36. The van der Waals surface area contributed by atoms with E-state index in [1.54, 1.807) is 6.92 Å². The summed E-state index contributed by atoms with van der Waals surface area (Å²) in [5, 5.41) is 4.37. The largest absolute Gasteiger partial charge is 0.465 e. The third kappa shape index (κ3) is 5.62. The maximum Gasteiger partial charge on any atom is 0.417 e. The zero-order valence-corrected chi connectivity index (χ0v) is 12.5. The number of anilines is 1. The van der Waals surface area contributed by atoms with E-state index in [-0.39, 0.29) is 23.3 Å². The molecule has 0 aliphatic carbocycles. The molecule has 0 atom stereocenters. The zero-order valence-electron chi connectivity index (χ0n) is 10.9. The highest BCUT2D eigenvalue weighted by atomic mass is 79.9. The summed E-state index contributed by atoms with van der Waals surface area (Å²) in [6.07, 6.45) is -4.54. The Balaban J connectivity index is 2.67. The minimum Gasteiger partial charge on any atom is -0.465 e. The molecular weight excluding hydrogens is 357 g/mol. The first kappa shape index (κ1) is 17.3. The van der Waals surface area contributed by atoms with Gasteiger partial charge in [-0.05, 0) is 25.1 Å². The van der Waals surface area contributed by atoms with Crippen LogP contribution in [0.15, 0.2) is 22.7 Å². The summed E-state index contributed by atoms with van der Waals surface area (Å²) < 4.78 is 42.5. The van der Waals surface area contributed by atoms with E-state index in [1.807, 2.05) is 0 Å². The number of carbonyl (C=O) groups is 2. The predicted octanol–water partition coefficient (Wildman–Crippen LogP) is 3.15. The summed E-state index contributed by atoms with van der Waals surface area (Å²) in [5.41, 5.74) is -0.961. The number of urea groups is 1. The molecule has 5 nitrogen and oxygen atoms in total. The van der Waals surface area contributed by atoms with Crippen molar-refractivity contribution in [3.63, 3.8) is 0 Å². The van der Waals surface area contributed by atoms with Gasteiger partial charge in [-0.1, -0.05) is 15.9 Å². The minimum absolute atomic E-state index is 0.0492. The van der Waals surface area contributed by atoms with Gasteiger partial charge in [0.05, 0.1) is 12.2 Å². The van der Waals surface area contributed by atoms with E-state index in [0.717, 1.165) is 6.07 Å². The van der Waals surface area contributed by atoms with Gasteiger partial charge in [0.25, 0.3) is 0 Å². The van der Waals surface area contributed by atoms with Crippen LogP contribution in [0.1, 0.15) is 12.5 Å². The average molecular weight is 369 g/mol. The Bertz CT molecular complexity index is 535. The Kier molecular flexibility index (Phi) is 6.01. The van der Waals surface area contributed by atoms with Crippen LogP contribution in [0.25, 0.3) is 0 Å². The third-order valence-corrected chi connectivity index (χ3v) is 2.92. The molecule has 0 spiro atoms. The van der Waals surface area contributed by atoms with Crippen molar-refractivity contribution in [2.45, 2.75) is 13.1 Å². The van der Waals surface area contributed by atoms with Gasteiger partial charge in [0.1, 0.15) is 6.54 Å². The molecule has 1 aromatic carbocycles. The Labute approximate surface area is 127 Å². The molecule has 0 saturated carbocycles. The minimum atomic E-state index is -4.54. The first-order valence-electron chi connectivity index (χ1n) is 5.81. The van der Waals surface area contributed by atoms with Crippen molar-refractivity contribution < 1.29 is 27.5 Å². The lowest BCUT2D eigenvalue weighted by molar-refractivity contribution is -0.141. The summed E-state index contributed by atoms with van der Waals surface area (Å²) in [5.74, 6) is -0.639. The second kappa shape index (κ2) is 7.30. The molecule has 0 heterocycles. The number of ether oxygens (including phenoxy) is 1. The molecule has 0 aromatic heterocycles. The fourth-order valence-corrected chi connectivity index (χ4v) is 1.83. The van der Waals surface area contributed by atoms with Gasteiger partial charge in [-0.25, -0.2) is 4.79 Å². The lowest BCUT2D eigenvalue weighted by atomic mass is 10.2. The lowest BCUT2D eigenvalue weighted by Gasteiger charge is -2.12. The second-order valence-corrected chi connectivity index (χ2v) is 4.66. The van der Waals surface area contributed by atoms with Crippen molar-refractivity contribution in [1.29, 1.82) is 0 Å². The quantitative estimate of drug-likeness (QED) is 0.802. The van der Waals surface area contributed by atoms with Gasteiger partial charge < -0.3 is 15.4 Å². The van der Waals surface area contributed by atoms with Crippen LogP contribution in [-0.2, 0) is 15.7 Å². The molecule has 1 aromatic rings. The van der Waals surface area contributed by atoms with Crippen LogP contribution in [0.2, 0.25) is 0 Å². The van der Waals surface area contributed by atoms with Crippen LogP contribution in [-0.4, -0.2) is 25.2 Å². The van der Waals surface area contributed by atoms with Gasteiger partial charge >= 0.3 is 18.2 Å². The number of hydrogen-bond acceptors (Lipinski definition) is 3. The number of alkyl halides is 3. The zero-order chi connectivity index (χ0) is 16.0. The van der Waals surface area contributed by atoms with Crippen molar-refractivity contribution in [1.82, 2.24) is 5.32 Å². The van der Waals surface area contributed by atoms with E-state index < -0.39 is 23.7 Å². The molecule has 9 heteroatoms. The Morgan fingerprint density at radius 3 is 2.57 bits per heavy atom. The highest BCUT2D eigenvalue weighted by Gasteiger charge is 2.33. The second-order valence-electron chi connectivity index (χ2n) is 3.81. The number of hydrogen-bond donors (Lipinski definition) is 2. The van der Waals surface area contributed by atoms with E-state index in [1.165, 1.54) is 12.1 Å². The fourth-order valence-electron chi connectivity index (χ4n) is 1.36. The topological polar surface area (TPSA) is 67.4 Å². The summed E-state index contributed by atoms with van der Waals surface area (Å²) in [4.78, 5) is 22.5. The molecule has 0 fully saturated rings. The van der Waals surface area contributed by atoms with Crippen LogP contribution >= 0.6 is 15.9 Å². The van der Waals surface area contributed by atoms with Crippen molar-refractivity contribution in [2.24, 2.45) is 0 Å². The normalized spacial score (nSPS) is 10.9. The van der Waals surface area contributed by atoms with Crippen LogP contribution in [0.4, 0.5) is 23.7 Å². The molecular formula is C12H12BrF3N2O3. The smallest absolute Gasteiger partial charge is 0.417 e. The first-order chi connectivity index (χ1) is 9.74. The van der Waals surface area contributed by atoms with Crippen molar-refractivity contribution >= 4 is 33.6 Å². The van der Waals surface area contributed by atoms with Crippen molar-refractivity contribution in [3.05, 3.63) is 28.2 Å². The van der Waals surface area contributed by atoms with Crippen LogP contribution in [0.5, 0.6) is 0 Å². The maximum atomic E-state index is 12.7.